The van der Waals surface area contributed by atoms with Gasteiger partial charge in [-0.25, -0.2) is 0 Å². The van der Waals surface area contributed by atoms with Crippen molar-refractivity contribution in [3.8, 4) is 11.5 Å². The molecule has 0 unspecified atom stereocenters. The maximum atomic E-state index is 12.9. The summed E-state index contributed by atoms with van der Waals surface area (Å²) >= 11 is 12.0. The van der Waals surface area contributed by atoms with Crippen LogP contribution in [0.3, 0.4) is 0 Å². The van der Waals surface area contributed by atoms with Gasteiger partial charge in [0.15, 0.2) is 5.76 Å². The van der Waals surface area contributed by atoms with Crippen LogP contribution in [0.15, 0.2) is 30.0 Å². The summed E-state index contributed by atoms with van der Waals surface area (Å²) < 4.78 is 17.0. The van der Waals surface area contributed by atoms with Gasteiger partial charge in [-0.1, -0.05) is 29.3 Å². The number of Topliss-reactive ketones (excluding diaryl/α,β-unsaturated/α-hetero) is 1. The molecular formula is C21H19Cl2NO4. The fraction of sp³-hybridized carbons (Fsp3) is 0.286. The molecule has 0 N–H and O–H groups in total. The van der Waals surface area contributed by atoms with Crippen molar-refractivity contribution in [3.63, 3.8) is 0 Å². The minimum atomic E-state index is -0.152. The molecule has 2 aromatic carbocycles. The number of benzene rings is 2. The Morgan fingerprint density at radius 3 is 2.79 bits per heavy atom. The normalized spacial score (nSPS) is 17.3. The summed E-state index contributed by atoms with van der Waals surface area (Å²) in [5.74, 6) is 1.45. The van der Waals surface area contributed by atoms with Crippen LogP contribution in [-0.2, 0) is 11.3 Å². The molecule has 0 radical (unpaired) electrons. The van der Waals surface area contributed by atoms with E-state index in [1.165, 1.54) is 0 Å². The monoisotopic (exact) mass is 419 g/mol. The number of ketones is 1. The number of hydrogen-bond donors (Lipinski definition) is 0. The molecule has 0 spiro atoms. The number of carbonyl (C=O) groups is 1. The van der Waals surface area contributed by atoms with Crippen molar-refractivity contribution < 1.29 is 19.0 Å². The zero-order valence-corrected chi connectivity index (χ0v) is 17.1. The van der Waals surface area contributed by atoms with Crippen molar-refractivity contribution >= 4 is 35.1 Å². The third-order valence-corrected chi connectivity index (χ3v) is 5.59. The molecule has 0 saturated heterocycles. The topological polar surface area (TPSA) is 48.0 Å². The van der Waals surface area contributed by atoms with Gasteiger partial charge in [0.05, 0.1) is 22.2 Å². The van der Waals surface area contributed by atoms with E-state index in [4.69, 9.17) is 37.4 Å². The summed E-state index contributed by atoms with van der Waals surface area (Å²) in [5.41, 5.74) is 3.12. The highest BCUT2D eigenvalue weighted by Crippen LogP contribution is 2.43. The Kier molecular flexibility index (Phi) is 5.34. The van der Waals surface area contributed by atoms with Gasteiger partial charge in [0.1, 0.15) is 18.2 Å². The first-order valence-corrected chi connectivity index (χ1v) is 9.63. The second-order valence-corrected chi connectivity index (χ2v) is 7.61. The number of allylic oxidation sites excluding steroid dienone is 1. The fourth-order valence-corrected chi connectivity index (χ4v) is 3.72. The molecule has 2 aromatic rings. The van der Waals surface area contributed by atoms with Crippen LogP contribution in [0.5, 0.6) is 11.5 Å². The summed E-state index contributed by atoms with van der Waals surface area (Å²) in [7, 11) is 1.67. The van der Waals surface area contributed by atoms with E-state index in [0.717, 1.165) is 29.0 Å². The molecule has 4 rings (SSSR count). The lowest BCUT2D eigenvalue weighted by molar-refractivity contribution is 0.0649. The van der Waals surface area contributed by atoms with Crippen LogP contribution in [0, 0.1) is 6.92 Å². The Hall–Kier alpha value is -2.05. The SMILES string of the molecule is COCCN1COc2c(cc3c(c2C)O/C(=C\c2ccc(Cl)c(Cl)c2)C3=O)C1. The lowest BCUT2D eigenvalue weighted by Gasteiger charge is -2.30. The second kappa shape index (κ2) is 7.76. The molecule has 5 nitrogen and oxygen atoms in total. The lowest BCUT2D eigenvalue weighted by Crippen LogP contribution is -2.34. The van der Waals surface area contributed by atoms with Crippen molar-refractivity contribution in [3.05, 3.63) is 62.3 Å². The zero-order chi connectivity index (χ0) is 19.8. The zero-order valence-electron chi connectivity index (χ0n) is 15.6. The van der Waals surface area contributed by atoms with E-state index < -0.39 is 0 Å². The molecule has 28 heavy (non-hydrogen) atoms. The Morgan fingerprint density at radius 2 is 2.04 bits per heavy atom. The van der Waals surface area contributed by atoms with E-state index >= 15 is 0 Å². The molecule has 2 aliphatic rings. The molecular weight excluding hydrogens is 401 g/mol. The maximum Gasteiger partial charge on any atom is 0.231 e. The van der Waals surface area contributed by atoms with Gasteiger partial charge in [0.2, 0.25) is 5.78 Å². The van der Waals surface area contributed by atoms with E-state index in [-0.39, 0.29) is 11.5 Å². The van der Waals surface area contributed by atoms with Crippen molar-refractivity contribution in [2.75, 3.05) is 27.0 Å². The van der Waals surface area contributed by atoms with E-state index in [1.807, 2.05) is 13.0 Å². The summed E-state index contributed by atoms with van der Waals surface area (Å²) in [6.45, 7) is 4.49. The Morgan fingerprint density at radius 1 is 1.21 bits per heavy atom. The molecule has 2 aliphatic heterocycles. The molecule has 146 valence electrons. The van der Waals surface area contributed by atoms with Gasteiger partial charge in [-0.2, -0.15) is 0 Å². The van der Waals surface area contributed by atoms with Crippen LogP contribution in [0.1, 0.15) is 27.0 Å². The summed E-state index contributed by atoms with van der Waals surface area (Å²) in [6.07, 6.45) is 1.68. The highest BCUT2D eigenvalue weighted by atomic mass is 35.5. The van der Waals surface area contributed by atoms with E-state index in [9.17, 15) is 4.79 Å². The first-order chi connectivity index (χ1) is 13.5. The third-order valence-electron chi connectivity index (χ3n) is 4.85. The van der Waals surface area contributed by atoms with Crippen molar-refractivity contribution in [1.82, 2.24) is 4.90 Å². The van der Waals surface area contributed by atoms with Crippen LogP contribution in [-0.4, -0.2) is 37.7 Å². The van der Waals surface area contributed by atoms with Gasteiger partial charge >= 0.3 is 0 Å². The highest BCUT2D eigenvalue weighted by molar-refractivity contribution is 6.42. The van der Waals surface area contributed by atoms with Crippen molar-refractivity contribution in [1.29, 1.82) is 0 Å². The number of methoxy groups -OCH3 is 1. The largest absolute Gasteiger partial charge is 0.477 e. The molecule has 0 aromatic heterocycles. The summed E-state index contributed by atoms with van der Waals surface area (Å²) in [4.78, 5) is 15.0. The average molecular weight is 420 g/mol. The van der Waals surface area contributed by atoms with Crippen LogP contribution >= 0.6 is 23.2 Å². The highest BCUT2D eigenvalue weighted by Gasteiger charge is 2.33. The van der Waals surface area contributed by atoms with Crippen molar-refractivity contribution in [2.24, 2.45) is 0 Å². The smallest absolute Gasteiger partial charge is 0.231 e. The Labute approximate surface area is 173 Å². The molecule has 2 heterocycles. The summed E-state index contributed by atoms with van der Waals surface area (Å²) in [6, 6.07) is 7.05. The lowest BCUT2D eigenvalue weighted by atomic mass is 10.00. The number of carbonyl (C=O) groups excluding carboxylic acids is 1. The predicted molar refractivity (Wildman–Crippen MR) is 108 cm³/mol. The first kappa shape index (κ1) is 19.3. The predicted octanol–water partition coefficient (Wildman–Crippen LogP) is 4.72. The number of ether oxygens (including phenoxy) is 3. The van der Waals surface area contributed by atoms with Crippen LogP contribution in [0.4, 0.5) is 0 Å². The number of halogens is 2. The Bertz CT molecular complexity index is 987. The van der Waals surface area contributed by atoms with Crippen LogP contribution in [0.25, 0.3) is 6.08 Å². The molecule has 0 saturated carbocycles. The standard InChI is InChI=1S/C21H19Cl2NO4/c1-12-20-14(10-24(11-27-20)5-6-26-2)9-15-19(25)18(28-21(12)15)8-13-3-4-16(22)17(23)7-13/h3-4,7-9H,5-6,10-11H2,1-2H3/b18-8-. The van der Waals surface area contributed by atoms with Gasteiger partial charge in [0.25, 0.3) is 0 Å². The average Bonchev–Trinajstić information content (AvgIpc) is 2.99. The van der Waals surface area contributed by atoms with Gasteiger partial charge in [-0.15, -0.1) is 0 Å². The number of rotatable bonds is 4. The van der Waals surface area contributed by atoms with Gasteiger partial charge < -0.3 is 14.2 Å². The van der Waals surface area contributed by atoms with Gasteiger partial charge in [-0.05, 0) is 36.8 Å². The van der Waals surface area contributed by atoms with E-state index in [2.05, 4.69) is 4.90 Å². The van der Waals surface area contributed by atoms with Crippen LogP contribution < -0.4 is 9.47 Å². The summed E-state index contributed by atoms with van der Waals surface area (Å²) in [5, 5.41) is 0.889. The van der Waals surface area contributed by atoms with Gasteiger partial charge in [0, 0.05) is 31.3 Å². The number of nitrogens with zero attached hydrogens (tertiary/aromatic N) is 1. The minimum absolute atomic E-state index is 0.152. The molecule has 0 aliphatic carbocycles. The first-order valence-electron chi connectivity index (χ1n) is 8.88. The third kappa shape index (κ3) is 3.51. The van der Waals surface area contributed by atoms with Crippen LogP contribution in [0.2, 0.25) is 10.0 Å². The maximum absolute atomic E-state index is 12.9. The van der Waals surface area contributed by atoms with E-state index in [1.54, 1.807) is 31.4 Å². The second-order valence-electron chi connectivity index (χ2n) is 6.80. The molecule has 0 atom stereocenters. The molecule has 0 amide bonds. The Balaban J connectivity index is 1.65. The fourth-order valence-electron chi connectivity index (χ4n) is 3.41. The van der Waals surface area contributed by atoms with Crippen molar-refractivity contribution in [2.45, 2.75) is 13.5 Å². The molecule has 0 bridgehead atoms. The quantitative estimate of drug-likeness (QED) is 0.671. The van der Waals surface area contributed by atoms with E-state index in [0.29, 0.717) is 41.2 Å². The van der Waals surface area contributed by atoms with Gasteiger partial charge in [-0.3, -0.25) is 9.69 Å². The number of fused-ring (bicyclic) bond motifs is 2. The molecule has 0 fully saturated rings. The molecule has 7 heteroatoms. The number of hydrogen-bond acceptors (Lipinski definition) is 5. The minimum Gasteiger partial charge on any atom is -0.477 e.